The summed E-state index contributed by atoms with van der Waals surface area (Å²) < 4.78 is 0. The molecular weight excluding hydrogens is 338 g/mol. The Bertz CT molecular complexity index is 942. The molecule has 0 radical (unpaired) electrons. The Morgan fingerprint density at radius 3 is 2.67 bits per heavy atom. The van der Waals surface area contributed by atoms with Crippen molar-refractivity contribution in [3.05, 3.63) is 54.6 Å². The van der Waals surface area contributed by atoms with Gasteiger partial charge in [0.2, 0.25) is 11.8 Å². The van der Waals surface area contributed by atoms with Crippen molar-refractivity contribution in [1.82, 2.24) is 9.88 Å². The molecule has 27 heavy (non-hydrogen) atoms. The SMILES string of the molecule is CCC(=O)N1CCCC1C(=O)Nc1ccc(-c2cc3ccccc3[nH]2)cc1. The second-order valence-corrected chi connectivity index (χ2v) is 6.94. The molecule has 3 aromatic rings. The number of amides is 2. The number of rotatable bonds is 4. The Balaban J connectivity index is 1.47. The number of nitrogens with one attached hydrogen (secondary N) is 2. The van der Waals surface area contributed by atoms with E-state index in [1.54, 1.807) is 4.90 Å². The van der Waals surface area contributed by atoms with Crippen LogP contribution < -0.4 is 5.32 Å². The van der Waals surface area contributed by atoms with E-state index in [-0.39, 0.29) is 17.9 Å². The number of fused-ring (bicyclic) bond motifs is 1. The van der Waals surface area contributed by atoms with Crippen LogP contribution in [0.3, 0.4) is 0 Å². The zero-order valence-corrected chi connectivity index (χ0v) is 15.4. The Kier molecular flexibility index (Phi) is 4.67. The third kappa shape index (κ3) is 3.45. The molecule has 4 rings (SSSR count). The second-order valence-electron chi connectivity index (χ2n) is 6.94. The minimum absolute atomic E-state index is 0.0433. The molecule has 2 heterocycles. The number of benzene rings is 2. The highest BCUT2D eigenvalue weighted by atomic mass is 16.2. The third-order valence-electron chi connectivity index (χ3n) is 5.17. The predicted molar refractivity (Wildman–Crippen MR) is 107 cm³/mol. The largest absolute Gasteiger partial charge is 0.355 e. The van der Waals surface area contributed by atoms with Gasteiger partial charge in [-0.2, -0.15) is 0 Å². The van der Waals surface area contributed by atoms with E-state index in [4.69, 9.17) is 0 Å². The Morgan fingerprint density at radius 2 is 1.93 bits per heavy atom. The molecule has 2 aromatic carbocycles. The summed E-state index contributed by atoms with van der Waals surface area (Å²) in [6.07, 6.45) is 2.04. The van der Waals surface area contributed by atoms with E-state index in [1.165, 1.54) is 5.39 Å². The maximum Gasteiger partial charge on any atom is 0.247 e. The summed E-state index contributed by atoms with van der Waals surface area (Å²) in [5, 5.41) is 4.13. The number of carbonyl (C=O) groups is 2. The number of carbonyl (C=O) groups excluding carboxylic acids is 2. The number of aromatic amines is 1. The normalized spacial score (nSPS) is 16.6. The lowest BCUT2D eigenvalue weighted by molar-refractivity contribution is -0.136. The summed E-state index contributed by atoms with van der Waals surface area (Å²) in [6, 6.07) is 17.7. The van der Waals surface area contributed by atoms with E-state index in [9.17, 15) is 9.59 Å². The molecule has 0 saturated carbocycles. The fraction of sp³-hybridized carbons (Fsp3) is 0.273. The van der Waals surface area contributed by atoms with E-state index in [1.807, 2.05) is 43.3 Å². The van der Waals surface area contributed by atoms with Crippen LogP contribution in [0.15, 0.2) is 54.6 Å². The number of hydrogen-bond acceptors (Lipinski definition) is 2. The van der Waals surface area contributed by atoms with E-state index in [0.29, 0.717) is 13.0 Å². The molecule has 2 amide bonds. The molecule has 138 valence electrons. The fourth-order valence-electron chi connectivity index (χ4n) is 3.73. The van der Waals surface area contributed by atoms with Crippen LogP contribution in [0.1, 0.15) is 26.2 Å². The van der Waals surface area contributed by atoms with Gasteiger partial charge in [-0.1, -0.05) is 37.3 Å². The Hall–Kier alpha value is -3.08. The highest BCUT2D eigenvalue weighted by molar-refractivity contribution is 5.97. The maximum atomic E-state index is 12.6. The lowest BCUT2D eigenvalue weighted by atomic mass is 10.1. The quantitative estimate of drug-likeness (QED) is 0.732. The van der Waals surface area contributed by atoms with E-state index in [2.05, 4.69) is 28.5 Å². The van der Waals surface area contributed by atoms with Gasteiger partial charge < -0.3 is 15.2 Å². The van der Waals surface area contributed by atoms with Crippen LogP contribution >= 0.6 is 0 Å². The van der Waals surface area contributed by atoms with Gasteiger partial charge >= 0.3 is 0 Å². The van der Waals surface area contributed by atoms with Gasteiger partial charge in [-0.05, 0) is 42.7 Å². The summed E-state index contributed by atoms with van der Waals surface area (Å²) in [7, 11) is 0. The van der Waals surface area contributed by atoms with Crippen LogP contribution in [-0.4, -0.2) is 34.3 Å². The lowest BCUT2D eigenvalue weighted by Gasteiger charge is -2.23. The van der Waals surface area contributed by atoms with Gasteiger partial charge in [-0.15, -0.1) is 0 Å². The van der Waals surface area contributed by atoms with Crippen molar-refractivity contribution in [2.24, 2.45) is 0 Å². The van der Waals surface area contributed by atoms with Gasteiger partial charge in [0.25, 0.3) is 0 Å². The fourth-order valence-corrected chi connectivity index (χ4v) is 3.73. The monoisotopic (exact) mass is 361 g/mol. The number of hydrogen-bond donors (Lipinski definition) is 2. The predicted octanol–water partition coefficient (Wildman–Crippen LogP) is 4.17. The standard InChI is InChI=1S/C22H23N3O2/c1-2-21(26)25-13-5-8-20(25)22(27)23-17-11-9-15(10-12-17)19-14-16-6-3-4-7-18(16)24-19/h3-4,6-7,9-12,14,20,24H,2,5,8,13H2,1H3,(H,23,27). The van der Waals surface area contributed by atoms with Crippen LogP contribution in [-0.2, 0) is 9.59 Å². The van der Waals surface area contributed by atoms with Crippen molar-refractivity contribution in [2.75, 3.05) is 11.9 Å². The molecule has 5 nitrogen and oxygen atoms in total. The first-order chi connectivity index (χ1) is 13.2. The molecular formula is C22H23N3O2. The van der Waals surface area contributed by atoms with Crippen molar-refractivity contribution in [3.8, 4) is 11.3 Å². The average molecular weight is 361 g/mol. The van der Waals surface area contributed by atoms with Crippen molar-refractivity contribution in [1.29, 1.82) is 0 Å². The highest BCUT2D eigenvalue weighted by Crippen LogP contribution is 2.26. The summed E-state index contributed by atoms with van der Waals surface area (Å²) in [6.45, 7) is 2.50. The lowest BCUT2D eigenvalue weighted by Crippen LogP contribution is -2.42. The van der Waals surface area contributed by atoms with Gasteiger partial charge in [0.05, 0.1) is 0 Å². The summed E-state index contributed by atoms with van der Waals surface area (Å²) >= 11 is 0. The van der Waals surface area contributed by atoms with Crippen LogP contribution in [0.25, 0.3) is 22.2 Å². The topological polar surface area (TPSA) is 65.2 Å². The number of aromatic nitrogens is 1. The molecule has 1 aliphatic rings. The number of nitrogens with zero attached hydrogens (tertiary/aromatic N) is 1. The van der Waals surface area contributed by atoms with Crippen molar-refractivity contribution in [2.45, 2.75) is 32.2 Å². The van der Waals surface area contributed by atoms with Crippen LogP contribution in [0.5, 0.6) is 0 Å². The number of likely N-dealkylation sites (tertiary alicyclic amines) is 1. The van der Waals surface area contributed by atoms with Gasteiger partial charge in [-0.3, -0.25) is 9.59 Å². The van der Waals surface area contributed by atoms with Crippen LogP contribution in [0.4, 0.5) is 5.69 Å². The zero-order valence-electron chi connectivity index (χ0n) is 15.4. The number of H-pyrrole nitrogens is 1. The van der Waals surface area contributed by atoms with Crippen molar-refractivity contribution < 1.29 is 9.59 Å². The van der Waals surface area contributed by atoms with Crippen molar-refractivity contribution in [3.63, 3.8) is 0 Å². The molecule has 1 saturated heterocycles. The van der Waals surface area contributed by atoms with E-state index >= 15 is 0 Å². The molecule has 0 aliphatic carbocycles. The summed E-state index contributed by atoms with van der Waals surface area (Å²) in [4.78, 5) is 29.7. The van der Waals surface area contributed by atoms with Crippen LogP contribution in [0, 0.1) is 0 Å². The molecule has 1 atom stereocenters. The Morgan fingerprint density at radius 1 is 1.15 bits per heavy atom. The van der Waals surface area contributed by atoms with E-state index in [0.717, 1.165) is 35.3 Å². The molecule has 1 fully saturated rings. The average Bonchev–Trinajstić information content (AvgIpc) is 3.35. The number of anilines is 1. The molecule has 5 heteroatoms. The minimum Gasteiger partial charge on any atom is -0.355 e. The molecule has 1 aliphatic heterocycles. The Labute approximate surface area is 158 Å². The molecule has 1 aromatic heterocycles. The first-order valence-electron chi connectivity index (χ1n) is 9.44. The summed E-state index contributed by atoms with van der Waals surface area (Å²) in [5.41, 5.74) is 3.96. The van der Waals surface area contributed by atoms with Gasteiger partial charge in [0.1, 0.15) is 6.04 Å². The van der Waals surface area contributed by atoms with Gasteiger partial charge in [0.15, 0.2) is 0 Å². The van der Waals surface area contributed by atoms with Crippen LogP contribution in [0.2, 0.25) is 0 Å². The first kappa shape index (κ1) is 17.3. The second kappa shape index (κ2) is 7.27. The third-order valence-corrected chi connectivity index (χ3v) is 5.17. The van der Waals surface area contributed by atoms with Crippen molar-refractivity contribution >= 4 is 28.4 Å². The molecule has 1 unspecified atom stereocenters. The first-order valence-corrected chi connectivity index (χ1v) is 9.44. The number of para-hydroxylation sites is 1. The molecule has 0 spiro atoms. The molecule has 2 N–H and O–H groups in total. The zero-order chi connectivity index (χ0) is 18.8. The maximum absolute atomic E-state index is 12.6. The van der Waals surface area contributed by atoms with E-state index < -0.39 is 0 Å². The molecule has 0 bridgehead atoms. The van der Waals surface area contributed by atoms with Gasteiger partial charge in [-0.25, -0.2) is 0 Å². The highest BCUT2D eigenvalue weighted by Gasteiger charge is 2.33. The summed E-state index contributed by atoms with van der Waals surface area (Å²) in [5.74, 6) is -0.0607. The smallest absolute Gasteiger partial charge is 0.247 e. The minimum atomic E-state index is -0.356. The van der Waals surface area contributed by atoms with Gasteiger partial charge in [0, 0.05) is 35.2 Å².